The molecule has 0 fully saturated rings. The smallest absolute Gasteiger partial charge is 0.357 e. The number of nitriles is 2. The molecule has 0 N–H and O–H groups in total. The number of esters is 1. The average molecular weight is 390 g/mol. The molecule has 3 rings (SSSR count). The van der Waals surface area contributed by atoms with Crippen LogP contribution in [0, 0.1) is 36.5 Å². The molecule has 2 heterocycles. The summed E-state index contributed by atoms with van der Waals surface area (Å²) >= 11 is 1.39. The van der Waals surface area contributed by atoms with Gasteiger partial charge in [-0.3, -0.25) is 0 Å². The van der Waals surface area contributed by atoms with E-state index in [4.69, 9.17) is 10.00 Å². The first-order valence-electron chi connectivity index (χ1n) is 8.72. The zero-order chi connectivity index (χ0) is 20.3. The van der Waals surface area contributed by atoms with Crippen molar-refractivity contribution in [2.24, 2.45) is 0 Å². The Morgan fingerprint density at radius 1 is 1.18 bits per heavy atom. The molecule has 0 atom stereocenters. The third-order valence-electron chi connectivity index (χ3n) is 4.53. The number of carbonyl (C=O) groups excluding carboxylic acids is 1. The summed E-state index contributed by atoms with van der Waals surface area (Å²) in [6.07, 6.45) is 0. The highest BCUT2D eigenvalue weighted by molar-refractivity contribution is 7.09. The van der Waals surface area contributed by atoms with Crippen LogP contribution in [0.3, 0.4) is 0 Å². The lowest BCUT2D eigenvalue weighted by atomic mass is 10.0. The minimum atomic E-state index is -0.429. The fourth-order valence-electron chi connectivity index (χ4n) is 3.14. The van der Waals surface area contributed by atoms with Crippen molar-refractivity contribution in [1.82, 2.24) is 9.55 Å². The monoisotopic (exact) mass is 390 g/mol. The molecule has 0 aliphatic rings. The van der Waals surface area contributed by atoms with Crippen LogP contribution >= 0.6 is 11.3 Å². The average Bonchev–Trinajstić information content (AvgIpc) is 3.26. The number of hydrogen-bond donors (Lipinski definition) is 0. The summed E-state index contributed by atoms with van der Waals surface area (Å²) in [4.78, 5) is 16.2. The Labute approximate surface area is 167 Å². The van der Waals surface area contributed by atoms with Crippen molar-refractivity contribution >= 4 is 17.3 Å². The molecule has 3 aromatic rings. The first-order chi connectivity index (χ1) is 13.5. The fraction of sp³-hybridized carbons (Fsp3) is 0.238. The van der Waals surface area contributed by atoms with Gasteiger partial charge in [-0.05, 0) is 38.5 Å². The van der Waals surface area contributed by atoms with Crippen molar-refractivity contribution < 1.29 is 9.53 Å². The Morgan fingerprint density at radius 2 is 1.89 bits per heavy atom. The summed E-state index contributed by atoms with van der Waals surface area (Å²) in [5.74, 6) is -0.429. The van der Waals surface area contributed by atoms with E-state index in [1.807, 2.05) is 30.5 Å². The molecule has 0 unspecified atom stereocenters. The molecule has 0 saturated carbocycles. The molecule has 0 bridgehead atoms. The number of rotatable bonds is 5. The highest BCUT2D eigenvalue weighted by atomic mass is 32.1. The Hall–Kier alpha value is -3.42. The minimum Gasteiger partial charge on any atom is -0.461 e. The molecular weight excluding hydrogens is 372 g/mol. The quantitative estimate of drug-likeness (QED) is 0.609. The molecule has 6 nitrogen and oxygen atoms in total. The summed E-state index contributed by atoms with van der Waals surface area (Å²) in [7, 11) is 0. The Kier molecular flexibility index (Phi) is 5.58. The highest BCUT2D eigenvalue weighted by Gasteiger charge is 2.20. The molecule has 0 radical (unpaired) electrons. The standard InChI is InChI=1S/C21H18N4O2S/c1-4-27-21(26)18-12-28-19(24-18)11-25-13(2)17(10-23)20(14(25)3)16-7-5-15(9-22)6-8-16/h5-8,12H,4,11H2,1-3H3. The van der Waals surface area contributed by atoms with Crippen LogP contribution in [0.5, 0.6) is 0 Å². The minimum absolute atomic E-state index is 0.303. The Morgan fingerprint density at radius 3 is 2.50 bits per heavy atom. The van der Waals surface area contributed by atoms with E-state index in [1.165, 1.54) is 11.3 Å². The van der Waals surface area contributed by atoms with Crippen molar-refractivity contribution in [2.45, 2.75) is 27.3 Å². The van der Waals surface area contributed by atoms with Crippen molar-refractivity contribution in [3.05, 3.63) is 62.9 Å². The number of carbonyl (C=O) groups is 1. The second kappa shape index (κ2) is 8.08. The lowest BCUT2D eigenvalue weighted by molar-refractivity contribution is 0.0520. The summed E-state index contributed by atoms with van der Waals surface area (Å²) in [6.45, 7) is 6.39. The summed E-state index contributed by atoms with van der Waals surface area (Å²) in [5, 5.41) is 21.2. The van der Waals surface area contributed by atoms with Crippen LogP contribution in [0.1, 0.15) is 44.9 Å². The van der Waals surface area contributed by atoms with E-state index in [2.05, 4.69) is 17.1 Å². The topological polar surface area (TPSA) is 91.7 Å². The first-order valence-corrected chi connectivity index (χ1v) is 9.59. The van der Waals surface area contributed by atoms with Crippen LogP contribution < -0.4 is 0 Å². The summed E-state index contributed by atoms with van der Waals surface area (Å²) in [5.41, 5.74) is 5.00. The number of hydrogen-bond acceptors (Lipinski definition) is 6. The van der Waals surface area contributed by atoms with Gasteiger partial charge in [0.2, 0.25) is 0 Å². The number of aromatic nitrogens is 2. The van der Waals surface area contributed by atoms with Crippen LogP contribution in [-0.4, -0.2) is 22.1 Å². The maximum absolute atomic E-state index is 11.8. The van der Waals surface area contributed by atoms with Crippen molar-refractivity contribution in [2.75, 3.05) is 6.61 Å². The molecule has 2 aromatic heterocycles. The number of benzene rings is 1. The van der Waals surface area contributed by atoms with Crippen LogP contribution in [0.4, 0.5) is 0 Å². The molecule has 140 valence electrons. The zero-order valence-corrected chi connectivity index (χ0v) is 16.6. The van der Waals surface area contributed by atoms with Gasteiger partial charge < -0.3 is 9.30 Å². The molecule has 0 spiro atoms. The Balaban J connectivity index is 1.99. The second-order valence-corrected chi connectivity index (χ2v) is 7.10. The van der Waals surface area contributed by atoms with Crippen molar-refractivity contribution in [3.63, 3.8) is 0 Å². The van der Waals surface area contributed by atoms with Gasteiger partial charge in [-0.2, -0.15) is 10.5 Å². The maximum atomic E-state index is 11.8. The summed E-state index contributed by atoms with van der Waals surface area (Å²) < 4.78 is 7.02. The van der Waals surface area contributed by atoms with Gasteiger partial charge in [0.05, 0.1) is 30.3 Å². The first kappa shape index (κ1) is 19.3. The molecule has 28 heavy (non-hydrogen) atoms. The van der Waals surface area contributed by atoms with E-state index >= 15 is 0 Å². The Bertz CT molecular complexity index is 1110. The van der Waals surface area contributed by atoms with E-state index in [-0.39, 0.29) is 0 Å². The van der Waals surface area contributed by atoms with Gasteiger partial charge in [-0.25, -0.2) is 9.78 Å². The molecule has 0 aliphatic heterocycles. The third kappa shape index (κ3) is 3.53. The lowest BCUT2D eigenvalue weighted by Gasteiger charge is -2.08. The SMILES string of the molecule is CCOC(=O)c1csc(Cn2c(C)c(C#N)c(-c3ccc(C#N)cc3)c2C)n1. The van der Waals surface area contributed by atoms with E-state index in [9.17, 15) is 10.1 Å². The van der Waals surface area contributed by atoms with Crippen LogP contribution in [-0.2, 0) is 11.3 Å². The molecule has 0 aliphatic carbocycles. The predicted octanol–water partition coefficient (Wildman–Crippen LogP) is 4.20. The highest BCUT2D eigenvalue weighted by Crippen LogP contribution is 2.33. The fourth-order valence-corrected chi connectivity index (χ4v) is 3.89. The second-order valence-electron chi connectivity index (χ2n) is 6.15. The van der Waals surface area contributed by atoms with E-state index in [0.717, 1.165) is 27.5 Å². The van der Waals surface area contributed by atoms with Gasteiger partial charge in [0.25, 0.3) is 0 Å². The third-order valence-corrected chi connectivity index (χ3v) is 5.36. The van der Waals surface area contributed by atoms with Crippen LogP contribution in [0.25, 0.3) is 11.1 Å². The van der Waals surface area contributed by atoms with Gasteiger partial charge >= 0.3 is 5.97 Å². The van der Waals surface area contributed by atoms with Gasteiger partial charge in [0.15, 0.2) is 5.69 Å². The van der Waals surface area contributed by atoms with Gasteiger partial charge in [0, 0.05) is 22.3 Å². The van der Waals surface area contributed by atoms with Crippen molar-refractivity contribution in [3.8, 4) is 23.3 Å². The largest absolute Gasteiger partial charge is 0.461 e. The number of ether oxygens (including phenoxy) is 1. The van der Waals surface area contributed by atoms with Gasteiger partial charge in [-0.15, -0.1) is 11.3 Å². The van der Waals surface area contributed by atoms with E-state index in [0.29, 0.717) is 30.0 Å². The van der Waals surface area contributed by atoms with E-state index in [1.54, 1.807) is 24.4 Å². The molecular formula is C21H18N4O2S. The predicted molar refractivity (Wildman–Crippen MR) is 106 cm³/mol. The summed E-state index contributed by atoms with van der Waals surface area (Å²) in [6, 6.07) is 11.6. The molecule has 1 aromatic carbocycles. The van der Waals surface area contributed by atoms with Gasteiger partial charge in [-0.1, -0.05) is 12.1 Å². The molecule has 0 amide bonds. The normalized spacial score (nSPS) is 10.3. The number of nitrogens with zero attached hydrogens (tertiary/aromatic N) is 4. The molecule has 7 heteroatoms. The van der Waals surface area contributed by atoms with Crippen LogP contribution in [0.15, 0.2) is 29.6 Å². The maximum Gasteiger partial charge on any atom is 0.357 e. The van der Waals surface area contributed by atoms with Gasteiger partial charge in [0.1, 0.15) is 11.1 Å². The van der Waals surface area contributed by atoms with Crippen LogP contribution in [0.2, 0.25) is 0 Å². The number of thiazole rings is 1. The lowest BCUT2D eigenvalue weighted by Crippen LogP contribution is -2.07. The zero-order valence-electron chi connectivity index (χ0n) is 15.8. The molecule has 0 saturated heterocycles. The van der Waals surface area contributed by atoms with Crippen molar-refractivity contribution in [1.29, 1.82) is 10.5 Å². The van der Waals surface area contributed by atoms with E-state index < -0.39 is 5.97 Å².